The topological polar surface area (TPSA) is 62.0 Å². The summed E-state index contributed by atoms with van der Waals surface area (Å²) in [6.45, 7) is 0. The van der Waals surface area contributed by atoms with Gasteiger partial charge in [-0.05, 0) is 6.08 Å². The Bertz CT molecular complexity index is 387. The van der Waals surface area contributed by atoms with Crippen LogP contribution in [-0.4, -0.2) is 29.0 Å². The molecule has 11 heteroatoms. The first-order chi connectivity index (χ1) is 7.01. The molecule has 0 saturated heterocycles. The Balaban J connectivity index is 0.00000256. The second-order valence-corrected chi connectivity index (χ2v) is 2.80. The van der Waals surface area contributed by atoms with Gasteiger partial charge in [-0.3, -0.25) is 0 Å². The van der Waals surface area contributed by atoms with Crippen molar-refractivity contribution in [1.29, 1.82) is 0 Å². The molecule has 0 bridgehead atoms. The van der Waals surface area contributed by atoms with Crippen molar-refractivity contribution in [1.82, 2.24) is 0 Å². The average molecular weight is 356 g/mol. The van der Waals surface area contributed by atoms with Crippen LogP contribution in [-0.2, 0) is 27.2 Å². The van der Waals surface area contributed by atoms with Gasteiger partial charge in [0.15, 0.2) is 5.70 Å². The maximum atomic E-state index is 12.3. The summed E-state index contributed by atoms with van der Waals surface area (Å²) in [5, 5.41) is 12.7. The number of nitrogens with zero attached hydrogens (tertiary/aromatic N) is 2. The van der Waals surface area contributed by atoms with Gasteiger partial charge >= 0.3 is 18.3 Å². The molecule has 0 spiro atoms. The minimum Gasteiger partial charge on any atom is -0.479 e. The number of halogens is 6. The molecule has 0 aromatic rings. The molecule has 0 aromatic carbocycles. The van der Waals surface area contributed by atoms with Gasteiger partial charge in [-0.1, -0.05) is 0 Å². The molecule has 1 N–H and O–H groups in total. The summed E-state index contributed by atoms with van der Waals surface area (Å²) in [6.07, 6.45) is -11.2. The fourth-order valence-electron chi connectivity index (χ4n) is 0.891. The number of carbonyl (C=O) groups is 1. The molecular weight excluding hydrogens is 354 g/mol. The van der Waals surface area contributed by atoms with Crippen molar-refractivity contribution >= 4 is 5.97 Å². The first-order valence-electron chi connectivity index (χ1n) is 3.54. The monoisotopic (exact) mass is 355 g/mol. The van der Waals surface area contributed by atoms with Gasteiger partial charge in [0.2, 0.25) is 0 Å². The van der Waals surface area contributed by atoms with Gasteiger partial charge < -0.3 is 5.11 Å². The van der Waals surface area contributed by atoms with Gasteiger partial charge in [0.1, 0.15) is 0 Å². The maximum Gasteiger partial charge on any atom is 0.434 e. The molecule has 1 radical (unpaired) electrons. The van der Waals surface area contributed by atoms with E-state index < -0.39 is 35.6 Å². The molecule has 1 rings (SSSR count). The molecule has 0 aromatic heterocycles. The Morgan fingerprint density at radius 2 is 1.71 bits per heavy atom. The van der Waals surface area contributed by atoms with E-state index >= 15 is 0 Å². The van der Waals surface area contributed by atoms with Gasteiger partial charge in [-0.15, -0.1) is 5.11 Å². The fourth-order valence-corrected chi connectivity index (χ4v) is 0.891. The van der Waals surface area contributed by atoms with E-state index in [9.17, 15) is 31.1 Å². The van der Waals surface area contributed by atoms with Crippen molar-refractivity contribution in [3.8, 4) is 0 Å². The van der Waals surface area contributed by atoms with E-state index in [1.165, 1.54) is 0 Å². The first-order valence-corrected chi connectivity index (χ1v) is 3.54. The van der Waals surface area contributed by atoms with Crippen LogP contribution >= 0.6 is 0 Å². The van der Waals surface area contributed by atoms with Crippen molar-refractivity contribution in [2.75, 3.05) is 0 Å². The molecule has 1 heterocycles. The summed E-state index contributed by atoms with van der Waals surface area (Å²) in [6, 6.07) is 0. The van der Waals surface area contributed by atoms with Crippen molar-refractivity contribution in [2.24, 2.45) is 10.2 Å². The predicted octanol–water partition coefficient (Wildman–Crippen LogP) is 2.28. The first kappa shape index (κ1) is 16.1. The fraction of sp³-hybridized carbons (Fsp3) is 0.500. The van der Waals surface area contributed by atoms with Gasteiger partial charge in [-0.25, -0.2) is 4.79 Å². The van der Waals surface area contributed by atoms with E-state index in [0.717, 1.165) is 0 Å². The molecule has 1 aliphatic heterocycles. The zero-order valence-electron chi connectivity index (χ0n) is 7.40. The van der Waals surface area contributed by atoms with E-state index in [1.54, 1.807) is 0 Å². The van der Waals surface area contributed by atoms with Crippen LogP contribution in [0.15, 0.2) is 22.0 Å². The van der Waals surface area contributed by atoms with Crippen LogP contribution in [0.2, 0.25) is 0 Å². The van der Waals surface area contributed by atoms with E-state index in [-0.39, 0.29) is 22.4 Å². The van der Waals surface area contributed by atoms with Gasteiger partial charge in [0.25, 0.3) is 5.54 Å². The quantitative estimate of drug-likeness (QED) is 0.579. The number of hydrogen-bond donors (Lipinski definition) is 1. The SMILES string of the molecule is O=C(O)C1(C(F)(F)F)C=C(C(F)(F)F)N=N1.[Ag]. The third-order valence-corrected chi connectivity index (χ3v) is 1.71. The minimum absolute atomic E-state index is 0. The van der Waals surface area contributed by atoms with E-state index in [2.05, 4.69) is 10.2 Å². The Morgan fingerprint density at radius 3 is 1.88 bits per heavy atom. The van der Waals surface area contributed by atoms with Crippen LogP contribution in [0.1, 0.15) is 0 Å². The number of alkyl halides is 6. The third-order valence-electron chi connectivity index (χ3n) is 1.71. The number of hydrogen-bond acceptors (Lipinski definition) is 3. The van der Waals surface area contributed by atoms with E-state index in [4.69, 9.17) is 5.11 Å². The zero-order valence-corrected chi connectivity index (χ0v) is 8.88. The molecule has 1 aliphatic rings. The Hall–Kier alpha value is -0.870. The van der Waals surface area contributed by atoms with Crippen LogP contribution in [0.25, 0.3) is 0 Å². The molecule has 0 aliphatic carbocycles. The summed E-state index contributed by atoms with van der Waals surface area (Å²) >= 11 is 0. The maximum absolute atomic E-state index is 12.3. The smallest absolute Gasteiger partial charge is 0.434 e. The van der Waals surface area contributed by atoms with Crippen molar-refractivity contribution in [3.63, 3.8) is 0 Å². The van der Waals surface area contributed by atoms with Crippen LogP contribution < -0.4 is 0 Å². The molecule has 1 unspecified atom stereocenters. The largest absolute Gasteiger partial charge is 0.479 e. The molecule has 0 fully saturated rings. The number of aliphatic carboxylic acids is 1. The third kappa shape index (κ3) is 2.69. The molecule has 101 valence electrons. The number of allylic oxidation sites excluding steroid dienone is 1. The van der Waals surface area contributed by atoms with Crippen molar-refractivity contribution in [3.05, 3.63) is 11.8 Å². The molecule has 4 nitrogen and oxygen atoms in total. The summed E-state index contributed by atoms with van der Waals surface area (Å²) in [4.78, 5) is 10.4. The average Bonchev–Trinajstić information content (AvgIpc) is 2.45. The standard InChI is InChI=1S/C6H2F6N2O2.Ag/c7-5(8,9)2-1-4(3(15)16,14-13-2)6(10,11)12;/h1H,(H,15,16);. The summed E-state index contributed by atoms with van der Waals surface area (Å²) in [5.74, 6) is -2.57. The number of carboxylic acids is 1. The normalized spacial score (nSPS) is 24.2. The van der Waals surface area contributed by atoms with Crippen LogP contribution in [0.5, 0.6) is 0 Å². The molecular formula is C6H2AgF6N2O2. The van der Waals surface area contributed by atoms with Gasteiger partial charge in [0, 0.05) is 22.4 Å². The molecule has 0 saturated carbocycles. The summed E-state index contributed by atoms with van der Waals surface area (Å²) in [7, 11) is 0. The second-order valence-electron chi connectivity index (χ2n) is 2.80. The van der Waals surface area contributed by atoms with Crippen LogP contribution in [0.4, 0.5) is 26.3 Å². The van der Waals surface area contributed by atoms with Crippen molar-refractivity contribution < 1.29 is 58.6 Å². The Labute approximate surface area is 105 Å². The minimum atomic E-state index is -5.49. The Morgan fingerprint density at radius 1 is 1.24 bits per heavy atom. The number of azo groups is 1. The van der Waals surface area contributed by atoms with E-state index in [0.29, 0.717) is 0 Å². The molecule has 1 atom stereocenters. The Kier molecular flexibility index (Phi) is 4.20. The summed E-state index contributed by atoms with van der Waals surface area (Å²) < 4.78 is 72.8. The van der Waals surface area contributed by atoms with E-state index in [1.807, 2.05) is 0 Å². The molecule has 17 heavy (non-hydrogen) atoms. The number of carboxylic acid groups (broad SMARTS) is 1. The summed E-state index contributed by atoms with van der Waals surface area (Å²) in [5.41, 5.74) is -5.93. The molecule has 0 amide bonds. The van der Waals surface area contributed by atoms with Crippen LogP contribution in [0.3, 0.4) is 0 Å². The number of rotatable bonds is 1. The van der Waals surface area contributed by atoms with Crippen LogP contribution in [0, 0.1) is 0 Å². The van der Waals surface area contributed by atoms with Crippen molar-refractivity contribution in [2.45, 2.75) is 17.9 Å². The van der Waals surface area contributed by atoms with Gasteiger partial charge in [0.05, 0.1) is 0 Å². The second kappa shape index (κ2) is 4.42. The zero-order chi connectivity index (χ0) is 12.8. The van der Waals surface area contributed by atoms with Gasteiger partial charge in [-0.2, -0.15) is 31.5 Å². The predicted molar refractivity (Wildman–Crippen MR) is 35.4 cm³/mol.